The van der Waals surface area contributed by atoms with Crippen LogP contribution in [0.15, 0.2) is 41.0 Å². The molecule has 0 unspecified atom stereocenters. The first-order valence-electron chi connectivity index (χ1n) is 5.77. The number of nitrogens with zero attached hydrogens (tertiary/aromatic N) is 2. The number of benzene rings is 1. The quantitative estimate of drug-likeness (QED) is 0.668. The lowest BCUT2D eigenvalue weighted by molar-refractivity contribution is -0.384. The van der Waals surface area contributed by atoms with Gasteiger partial charge in [0.25, 0.3) is 5.69 Å². The van der Waals surface area contributed by atoms with Crippen molar-refractivity contribution in [3.63, 3.8) is 0 Å². The maximum atomic E-state index is 10.8. The van der Waals surface area contributed by atoms with Gasteiger partial charge >= 0.3 is 0 Å². The number of anilines is 1. The summed E-state index contributed by atoms with van der Waals surface area (Å²) in [4.78, 5) is 14.6. The molecule has 0 aliphatic heterocycles. The molecule has 1 aromatic carbocycles. The second-order valence-electron chi connectivity index (χ2n) is 3.96. The van der Waals surface area contributed by atoms with E-state index in [2.05, 4.69) is 26.2 Å². The minimum Gasteiger partial charge on any atom is -0.495 e. The van der Waals surface area contributed by atoms with E-state index in [4.69, 9.17) is 4.74 Å². The maximum Gasteiger partial charge on any atom is 0.271 e. The molecule has 1 N–H and O–H groups in total. The van der Waals surface area contributed by atoms with E-state index in [-0.39, 0.29) is 5.69 Å². The van der Waals surface area contributed by atoms with E-state index in [1.807, 2.05) is 12.1 Å². The molecule has 2 aromatic rings. The van der Waals surface area contributed by atoms with Crippen LogP contribution in [0.4, 0.5) is 11.4 Å². The van der Waals surface area contributed by atoms with Crippen molar-refractivity contribution < 1.29 is 9.66 Å². The van der Waals surface area contributed by atoms with Gasteiger partial charge in [-0.3, -0.25) is 15.1 Å². The highest BCUT2D eigenvalue weighted by molar-refractivity contribution is 9.10. The average Bonchev–Trinajstić information content (AvgIpc) is 2.46. The molecule has 104 valence electrons. The van der Waals surface area contributed by atoms with Gasteiger partial charge in [-0.25, -0.2) is 0 Å². The van der Waals surface area contributed by atoms with E-state index in [1.54, 1.807) is 12.3 Å². The predicted octanol–water partition coefficient (Wildman–Crippen LogP) is 3.37. The Balaban J connectivity index is 2.16. The molecule has 20 heavy (non-hydrogen) atoms. The number of halogens is 1. The van der Waals surface area contributed by atoms with Crippen molar-refractivity contribution in [2.75, 3.05) is 12.4 Å². The second-order valence-corrected chi connectivity index (χ2v) is 4.88. The minimum atomic E-state index is -0.442. The van der Waals surface area contributed by atoms with Gasteiger partial charge in [0.1, 0.15) is 5.75 Å². The number of non-ortho nitro benzene ring substituents is 1. The van der Waals surface area contributed by atoms with Crippen LogP contribution in [-0.4, -0.2) is 17.0 Å². The fraction of sp³-hybridized carbons (Fsp3) is 0.154. The van der Waals surface area contributed by atoms with E-state index in [0.717, 1.165) is 10.2 Å². The van der Waals surface area contributed by atoms with Gasteiger partial charge in [0, 0.05) is 22.8 Å². The molecule has 6 nitrogen and oxygen atoms in total. The van der Waals surface area contributed by atoms with Crippen molar-refractivity contribution in [3.8, 4) is 5.75 Å². The van der Waals surface area contributed by atoms with Crippen molar-refractivity contribution in [2.45, 2.75) is 6.54 Å². The van der Waals surface area contributed by atoms with Crippen LogP contribution < -0.4 is 10.1 Å². The minimum absolute atomic E-state index is 0.0112. The maximum absolute atomic E-state index is 10.8. The van der Waals surface area contributed by atoms with Gasteiger partial charge in [-0.1, -0.05) is 0 Å². The first kappa shape index (κ1) is 14.3. The van der Waals surface area contributed by atoms with E-state index < -0.39 is 4.92 Å². The SMILES string of the molecule is COc1ccc([N+](=O)[O-])cc1NCc1ccc(Br)cn1. The Morgan fingerprint density at radius 3 is 2.80 bits per heavy atom. The van der Waals surface area contributed by atoms with Gasteiger partial charge in [0.2, 0.25) is 0 Å². The molecule has 0 bridgehead atoms. The fourth-order valence-electron chi connectivity index (χ4n) is 1.64. The summed E-state index contributed by atoms with van der Waals surface area (Å²) >= 11 is 3.31. The van der Waals surface area contributed by atoms with Crippen LogP contribution in [0.25, 0.3) is 0 Å². The molecule has 1 heterocycles. The van der Waals surface area contributed by atoms with Gasteiger partial charge in [-0.2, -0.15) is 0 Å². The van der Waals surface area contributed by atoms with Crippen molar-refractivity contribution >= 4 is 27.3 Å². The zero-order valence-electron chi connectivity index (χ0n) is 10.7. The smallest absolute Gasteiger partial charge is 0.271 e. The van der Waals surface area contributed by atoms with E-state index in [1.165, 1.54) is 19.2 Å². The van der Waals surface area contributed by atoms with Crippen LogP contribution in [0.3, 0.4) is 0 Å². The topological polar surface area (TPSA) is 77.3 Å². The number of ether oxygens (including phenoxy) is 1. The molecule has 0 aliphatic carbocycles. The number of hydrogen-bond donors (Lipinski definition) is 1. The molecule has 0 saturated heterocycles. The van der Waals surface area contributed by atoms with Crippen LogP contribution in [0.5, 0.6) is 5.75 Å². The Morgan fingerprint density at radius 1 is 1.40 bits per heavy atom. The highest BCUT2D eigenvalue weighted by Crippen LogP contribution is 2.29. The third-order valence-electron chi connectivity index (χ3n) is 2.64. The second kappa shape index (κ2) is 6.33. The number of aromatic nitrogens is 1. The van der Waals surface area contributed by atoms with Crippen LogP contribution in [0.1, 0.15) is 5.69 Å². The van der Waals surface area contributed by atoms with Crippen LogP contribution >= 0.6 is 15.9 Å². The lowest BCUT2D eigenvalue weighted by Crippen LogP contribution is -2.03. The third-order valence-corrected chi connectivity index (χ3v) is 3.11. The third kappa shape index (κ3) is 3.45. The number of nitro groups is 1. The Morgan fingerprint density at radius 2 is 2.20 bits per heavy atom. The molecule has 0 aliphatic rings. The van der Waals surface area contributed by atoms with Crippen LogP contribution in [0.2, 0.25) is 0 Å². The lowest BCUT2D eigenvalue weighted by Gasteiger charge is -2.10. The summed E-state index contributed by atoms with van der Waals surface area (Å²) < 4.78 is 6.07. The largest absolute Gasteiger partial charge is 0.495 e. The van der Waals surface area contributed by atoms with Crippen molar-refractivity contribution in [1.29, 1.82) is 0 Å². The highest BCUT2D eigenvalue weighted by Gasteiger charge is 2.11. The molecule has 0 saturated carbocycles. The zero-order valence-corrected chi connectivity index (χ0v) is 12.3. The van der Waals surface area contributed by atoms with E-state index in [9.17, 15) is 10.1 Å². The molecular formula is C13H12BrN3O3. The molecule has 0 radical (unpaired) electrons. The first-order valence-corrected chi connectivity index (χ1v) is 6.56. The van der Waals surface area contributed by atoms with E-state index >= 15 is 0 Å². The summed E-state index contributed by atoms with van der Waals surface area (Å²) in [5.41, 5.74) is 1.39. The Labute approximate surface area is 124 Å². The molecular weight excluding hydrogens is 326 g/mol. The molecule has 0 atom stereocenters. The summed E-state index contributed by atoms with van der Waals surface area (Å²) in [6.07, 6.45) is 1.70. The molecule has 2 rings (SSSR count). The molecule has 1 aromatic heterocycles. The summed E-state index contributed by atoms with van der Waals surface area (Å²) in [5, 5.41) is 13.9. The number of rotatable bonds is 5. The van der Waals surface area contributed by atoms with Gasteiger partial charge < -0.3 is 10.1 Å². The van der Waals surface area contributed by atoms with Crippen molar-refractivity contribution in [2.24, 2.45) is 0 Å². The van der Waals surface area contributed by atoms with E-state index in [0.29, 0.717) is 18.0 Å². The van der Waals surface area contributed by atoms with Crippen LogP contribution in [-0.2, 0) is 6.54 Å². The summed E-state index contributed by atoms with van der Waals surface area (Å²) in [7, 11) is 1.52. The van der Waals surface area contributed by atoms with Gasteiger partial charge in [0.15, 0.2) is 0 Å². The molecule has 0 fully saturated rings. The number of nitrogens with one attached hydrogen (secondary N) is 1. The summed E-state index contributed by atoms with van der Waals surface area (Å²) in [5.74, 6) is 0.549. The van der Waals surface area contributed by atoms with Gasteiger partial charge in [0.05, 0.1) is 30.0 Å². The van der Waals surface area contributed by atoms with Crippen LogP contribution in [0, 0.1) is 10.1 Å². The Bertz CT molecular complexity index is 617. The fourth-order valence-corrected chi connectivity index (χ4v) is 1.88. The number of methoxy groups -OCH3 is 1. The molecule has 7 heteroatoms. The van der Waals surface area contributed by atoms with Crippen molar-refractivity contribution in [3.05, 3.63) is 56.8 Å². The summed E-state index contributed by atoms with van der Waals surface area (Å²) in [6.45, 7) is 0.449. The number of hydrogen-bond acceptors (Lipinski definition) is 5. The monoisotopic (exact) mass is 337 g/mol. The Kier molecular flexibility index (Phi) is 4.52. The normalized spacial score (nSPS) is 10.1. The van der Waals surface area contributed by atoms with Gasteiger partial charge in [-0.05, 0) is 34.1 Å². The lowest BCUT2D eigenvalue weighted by atomic mass is 10.2. The number of pyridine rings is 1. The number of nitro benzene ring substituents is 1. The van der Waals surface area contributed by atoms with Crippen molar-refractivity contribution in [1.82, 2.24) is 4.98 Å². The average molecular weight is 338 g/mol. The first-order chi connectivity index (χ1) is 9.60. The highest BCUT2D eigenvalue weighted by atomic mass is 79.9. The molecule has 0 spiro atoms. The standard InChI is InChI=1S/C13H12BrN3O3/c1-20-13-5-4-11(17(18)19)6-12(13)16-8-10-3-2-9(14)7-15-10/h2-7,16H,8H2,1H3. The summed E-state index contributed by atoms with van der Waals surface area (Å²) in [6, 6.07) is 8.16. The Hall–Kier alpha value is -2.15. The van der Waals surface area contributed by atoms with Gasteiger partial charge in [-0.15, -0.1) is 0 Å². The predicted molar refractivity (Wildman–Crippen MR) is 78.9 cm³/mol. The molecule has 0 amide bonds. The zero-order chi connectivity index (χ0) is 14.5.